The summed E-state index contributed by atoms with van der Waals surface area (Å²) in [6.07, 6.45) is 1.77. The van der Waals surface area contributed by atoms with E-state index >= 15 is 0 Å². The third-order valence-corrected chi connectivity index (χ3v) is 4.31. The van der Waals surface area contributed by atoms with E-state index in [-0.39, 0.29) is 12.1 Å². The number of piperazine rings is 1. The molecule has 0 radical (unpaired) electrons. The minimum Gasteiger partial charge on any atom is -0.760 e. The molecule has 1 aliphatic rings. The Balaban J connectivity index is 1.99. The number of nitrogens with zero attached hydrogens (tertiary/aromatic N) is 2. The standard InChI is InChI=1S/C14H17N3O2S/c1-10-8-17(20(18)19)9-13(16-10)14-12-5-3-2-4-11(12)6-7-15-14/h2-7,10,13,16H,8-9H2,1H3,(H,18,19)/p-1/t10-,13-/m0/s1. The molecule has 0 amide bonds. The monoisotopic (exact) mass is 290 g/mol. The fourth-order valence-electron chi connectivity index (χ4n) is 2.74. The second-order valence-corrected chi connectivity index (χ2v) is 6.05. The van der Waals surface area contributed by atoms with Gasteiger partial charge in [0.1, 0.15) is 0 Å². The maximum Gasteiger partial charge on any atom is 0.0664 e. The molecule has 1 fully saturated rings. The summed E-state index contributed by atoms with van der Waals surface area (Å²) in [5.74, 6) is 0. The van der Waals surface area contributed by atoms with Crippen molar-refractivity contribution in [2.75, 3.05) is 13.1 Å². The highest BCUT2D eigenvalue weighted by atomic mass is 32.2. The van der Waals surface area contributed by atoms with Crippen LogP contribution in [-0.2, 0) is 11.3 Å². The molecule has 3 rings (SSSR count). The van der Waals surface area contributed by atoms with Gasteiger partial charge in [-0.1, -0.05) is 24.3 Å². The number of benzene rings is 1. The highest BCUT2D eigenvalue weighted by Gasteiger charge is 2.27. The largest absolute Gasteiger partial charge is 0.760 e. The number of pyridine rings is 1. The van der Waals surface area contributed by atoms with E-state index in [9.17, 15) is 8.76 Å². The summed E-state index contributed by atoms with van der Waals surface area (Å²) >= 11 is -2.19. The number of nitrogens with one attached hydrogen (secondary N) is 1. The van der Waals surface area contributed by atoms with Gasteiger partial charge >= 0.3 is 0 Å². The number of hydrogen-bond donors (Lipinski definition) is 1. The SMILES string of the molecule is C[C@H]1CN(S(=O)[O-])C[C@@H](c2nccc3ccccc23)N1. The lowest BCUT2D eigenvalue weighted by Gasteiger charge is -2.38. The first kappa shape index (κ1) is 13.6. The van der Waals surface area contributed by atoms with Crippen LogP contribution in [0.5, 0.6) is 0 Å². The molecule has 1 saturated heterocycles. The predicted octanol–water partition coefficient (Wildman–Crippen LogP) is 1.36. The number of hydrogen-bond acceptors (Lipinski definition) is 4. The van der Waals surface area contributed by atoms with Gasteiger partial charge in [-0.3, -0.25) is 9.19 Å². The average Bonchev–Trinajstić information content (AvgIpc) is 2.46. The molecular formula is C14H16N3O2S-. The van der Waals surface area contributed by atoms with Gasteiger partial charge in [0.25, 0.3) is 0 Å². The molecule has 20 heavy (non-hydrogen) atoms. The zero-order valence-electron chi connectivity index (χ0n) is 11.2. The zero-order valence-corrected chi connectivity index (χ0v) is 12.0. The molecule has 1 aromatic heterocycles. The van der Waals surface area contributed by atoms with Crippen LogP contribution < -0.4 is 5.32 Å². The Morgan fingerprint density at radius 2 is 2.15 bits per heavy atom. The topological polar surface area (TPSA) is 68.3 Å². The van der Waals surface area contributed by atoms with E-state index in [2.05, 4.69) is 10.3 Å². The van der Waals surface area contributed by atoms with E-state index in [1.54, 1.807) is 6.20 Å². The minimum absolute atomic E-state index is 0.0808. The van der Waals surface area contributed by atoms with E-state index in [1.165, 1.54) is 4.31 Å². The third-order valence-electron chi connectivity index (χ3n) is 3.59. The predicted molar refractivity (Wildman–Crippen MR) is 77.6 cm³/mol. The second kappa shape index (κ2) is 5.57. The zero-order chi connectivity index (χ0) is 14.1. The summed E-state index contributed by atoms with van der Waals surface area (Å²) in [7, 11) is 0. The van der Waals surface area contributed by atoms with Gasteiger partial charge in [-0.05, 0) is 18.4 Å². The Morgan fingerprint density at radius 1 is 1.35 bits per heavy atom. The van der Waals surface area contributed by atoms with E-state index < -0.39 is 11.3 Å². The summed E-state index contributed by atoms with van der Waals surface area (Å²) < 4.78 is 23.9. The molecule has 6 heteroatoms. The Kier molecular flexibility index (Phi) is 3.80. The van der Waals surface area contributed by atoms with Crippen molar-refractivity contribution < 1.29 is 8.76 Å². The van der Waals surface area contributed by atoms with E-state index in [0.29, 0.717) is 13.1 Å². The number of aromatic nitrogens is 1. The quantitative estimate of drug-likeness (QED) is 0.848. The van der Waals surface area contributed by atoms with Crippen LogP contribution in [0.15, 0.2) is 36.5 Å². The van der Waals surface area contributed by atoms with Crippen LogP contribution in [0.25, 0.3) is 10.8 Å². The lowest BCUT2D eigenvalue weighted by Crippen LogP contribution is -2.51. The van der Waals surface area contributed by atoms with Crippen molar-refractivity contribution in [2.45, 2.75) is 19.0 Å². The Labute approximate surface area is 120 Å². The molecule has 5 nitrogen and oxygen atoms in total. The van der Waals surface area contributed by atoms with Crippen molar-refractivity contribution in [3.63, 3.8) is 0 Å². The molecule has 1 N–H and O–H groups in total. The van der Waals surface area contributed by atoms with Gasteiger partial charge in [0.15, 0.2) is 0 Å². The fraction of sp³-hybridized carbons (Fsp3) is 0.357. The highest BCUT2D eigenvalue weighted by molar-refractivity contribution is 7.76. The van der Waals surface area contributed by atoms with Crippen LogP contribution in [0.3, 0.4) is 0 Å². The van der Waals surface area contributed by atoms with Crippen LogP contribution in [0.1, 0.15) is 18.7 Å². The van der Waals surface area contributed by atoms with Crippen molar-refractivity contribution in [1.29, 1.82) is 0 Å². The van der Waals surface area contributed by atoms with Crippen molar-refractivity contribution in [3.8, 4) is 0 Å². The maximum atomic E-state index is 11.2. The molecule has 106 valence electrons. The summed E-state index contributed by atoms with van der Waals surface area (Å²) in [5.41, 5.74) is 0.908. The van der Waals surface area contributed by atoms with Gasteiger partial charge in [0, 0.05) is 42.0 Å². The molecular weight excluding hydrogens is 274 g/mol. The van der Waals surface area contributed by atoms with Crippen LogP contribution in [0.4, 0.5) is 0 Å². The van der Waals surface area contributed by atoms with Crippen LogP contribution in [0.2, 0.25) is 0 Å². The van der Waals surface area contributed by atoms with Gasteiger partial charge in [-0.25, -0.2) is 4.31 Å². The second-order valence-electron chi connectivity index (χ2n) is 5.10. The molecule has 2 heterocycles. The molecule has 1 aromatic carbocycles. The summed E-state index contributed by atoms with van der Waals surface area (Å²) in [6.45, 7) is 2.90. The Morgan fingerprint density at radius 3 is 2.95 bits per heavy atom. The highest BCUT2D eigenvalue weighted by Crippen LogP contribution is 2.25. The third kappa shape index (κ3) is 2.60. The van der Waals surface area contributed by atoms with Crippen LogP contribution in [-0.4, -0.2) is 37.2 Å². The molecule has 0 aliphatic carbocycles. The molecule has 0 spiro atoms. The van der Waals surface area contributed by atoms with E-state index in [1.807, 2.05) is 37.3 Å². The lowest BCUT2D eigenvalue weighted by atomic mass is 10.0. The first-order valence-electron chi connectivity index (χ1n) is 6.59. The molecule has 1 aliphatic heterocycles. The van der Waals surface area contributed by atoms with Gasteiger partial charge in [-0.2, -0.15) is 0 Å². The molecule has 2 aromatic rings. The molecule has 0 bridgehead atoms. The van der Waals surface area contributed by atoms with E-state index in [4.69, 9.17) is 0 Å². The normalized spacial score (nSPS) is 25.7. The van der Waals surface area contributed by atoms with Crippen molar-refractivity contribution >= 4 is 22.0 Å². The fourth-order valence-corrected chi connectivity index (χ4v) is 3.36. The molecule has 1 unspecified atom stereocenters. The lowest BCUT2D eigenvalue weighted by molar-refractivity contribution is 0.247. The average molecular weight is 290 g/mol. The van der Waals surface area contributed by atoms with Gasteiger partial charge in [0.05, 0.1) is 11.7 Å². The van der Waals surface area contributed by atoms with Gasteiger partial charge < -0.3 is 9.87 Å². The maximum absolute atomic E-state index is 11.2. The van der Waals surface area contributed by atoms with Crippen LogP contribution >= 0.6 is 0 Å². The van der Waals surface area contributed by atoms with E-state index in [0.717, 1.165) is 16.5 Å². The molecule has 0 saturated carbocycles. The van der Waals surface area contributed by atoms with Crippen molar-refractivity contribution in [2.24, 2.45) is 0 Å². The minimum atomic E-state index is -2.19. The van der Waals surface area contributed by atoms with Crippen LogP contribution in [0, 0.1) is 0 Å². The first-order valence-corrected chi connectivity index (χ1v) is 7.62. The van der Waals surface area contributed by atoms with Gasteiger partial charge in [0.2, 0.25) is 0 Å². The number of fused-ring (bicyclic) bond motifs is 1. The smallest absolute Gasteiger partial charge is 0.0664 e. The summed E-state index contributed by atoms with van der Waals surface area (Å²) in [5, 5.41) is 5.62. The van der Waals surface area contributed by atoms with Crippen molar-refractivity contribution in [1.82, 2.24) is 14.6 Å². The number of rotatable bonds is 2. The summed E-state index contributed by atoms with van der Waals surface area (Å²) in [6, 6.07) is 10.0. The van der Waals surface area contributed by atoms with Crippen molar-refractivity contribution in [3.05, 3.63) is 42.2 Å². The Bertz CT molecular complexity index is 644. The first-order chi connectivity index (χ1) is 9.65. The Hall–Kier alpha value is -1.34. The van der Waals surface area contributed by atoms with Gasteiger partial charge in [-0.15, -0.1) is 0 Å². The summed E-state index contributed by atoms with van der Waals surface area (Å²) in [4.78, 5) is 4.47. The molecule has 3 atom stereocenters.